The molecule has 122 valence electrons. The molecular formula is C16H18ClFN4O. The van der Waals surface area contributed by atoms with Gasteiger partial charge in [0.15, 0.2) is 5.82 Å². The van der Waals surface area contributed by atoms with E-state index in [1.165, 1.54) is 12.1 Å². The zero-order valence-corrected chi connectivity index (χ0v) is 13.3. The third kappa shape index (κ3) is 3.17. The fourth-order valence-electron chi connectivity index (χ4n) is 3.04. The van der Waals surface area contributed by atoms with Crippen LogP contribution in [0.2, 0.25) is 5.02 Å². The summed E-state index contributed by atoms with van der Waals surface area (Å²) in [5, 5.41) is 6.52. The van der Waals surface area contributed by atoms with E-state index in [4.69, 9.17) is 17.3 Å². The first-order chi connectivity index (χ1) is 11.1. The molecule has 5 nitrogen and oxygen atoms in total. The number of nitrogens with two attached hydrogens (primary N) is 1. The Labute approximate surface area is 138 Å². The molecule has 7 heteroatoms. The second kappa shape index (κ2) is 6.58. The van der Waals surface area contributed by atoms with Gasteiger partial charge in [-0.05, 0) is 30.5 Å². The van der Waals surface area contributed by atoms with Crippen molar-refractivity contribution in [1.82, 2.24) is 15.1 Å². The molecule has 0 aliphatic carbocycles. The van der Waals surface area contributed by atoms with Gasteiger partial charge in [-0.1, -0.05) is 36.6 Å². The van der Waals surface area contributed by atoms with Crippen molar-refractivity contribution in [2.24, 2.45) is 0 Å². The molecule has 0 bridgehead atoms. The van der Waals surface area contributed by atoms with Gasteiger partial charge in [-0.25, -0.2) is 4.39 Å². The van der Waals surface area contributed by atoms with Crippen molar-refractivity contribution in [2.45, 2.75) is 31.7 Å². The largest absolute Gasteiger partial charge is 0.381 e. The first-order valence-corrected chi connectivity index (χ1v) is 8.01. The number of carbonyl (C=O) groups excluding carboxylic acids is 1. The minimum absolute atomic E-state index is 0.104. The van der Waals surface area contributed by atoms with Crippen LogP contribution in [-0.4, -0.2) is 27.5 Å². The maximum absolute atomic E-state index is 13.6. The predicted molar refractivity (Wildman–Crippen MR) is 86.7 cm³/mol. The number of rotatable bonds is 2. The summed E-state index contributed by atoms with van der Waals surface area (Å²) in [6.45, 7) is 0.593. The average molecular weight is 337 g/mol. The Morgan fingerprint density at radius 2 is 2.22 bits per heavy atom. The zero-order chi connectivity index (χ0) is 16.4. The SMILES string of the molecule is Nc1n[nH]c(C(=O)N2CCCCCC2c2cccc(F)c2)c1Cl. The number of nitrogen functional groups attached to an aromatic ring is 1. The number of hydrogen-bond donors (Lipinski definition) is 2. The maximum Gasteiger partial charge on any atom is 0.274 e. The van der Waals surface area contributed by atoms with Crippen LogP contribution in [0.15, 0.2) is 24.3 Å². The van der Waals surface area contributed by atoms with E-state index in [-0.39, 0.29) is 34.3 Å². The van der Waals surface area contributed by atoms with Crippen molar-refractivity contribution in [1.29, 1.82) is 0 Å². The maximum atomic E-state index is 13.6. The first-order valence-electron chi connectivity index (χ1n) is 7.63. The molecule has 3 rings (SSSR count). The first kappa shape index (κ1) is 15.8. The molecule has 1 unspecified atom stereocenters. The summed E-state index contributed by atoms with van der Waals surface area (Å²) >= 11 is 6.06. The van der Waals surface area contributed by atoms with Gasteiger partial charge in [0.1, 0.15) is 16.5 Å². The summed E-state index contributed by atoms with van der Waals surface area (Å²) in [4.78, 5) is 14.6. The fraction of sp³-hybridized carbons (Fsp3) is 0.375. The second-order valence-corrected chi connectivity index (χ2v) is 6.09. The van der Waals surface area contributed by atoms with Crippen LogP contribution in [0, 0.1) is 5.82 Å². The molecule has 1 atom stereocenters. The molecule has 1 aliphatic heterocycles. The van der Waals surface area contributed by atoms with Crippen LogP contribution >= 0.6 is 11.6 Å². The van der Waals surface area contributed by atoms with E-state index < -0.39 is 0 Å². The van der Waals surface area contributed by atoms with Crippen LogP contribution in [0.5, 0.6) is 0 Å². The highest BCUT2D eigenvalue weighted by molar-refractivity contribution is 6.35. The van der Waals surface area contributed by atoms with Crippen molar-refractivity contribution < 1.29 is 9.18 Å². The van der Waals surface area contributed by atoms with E-state index in [1.807, 2.05) is 6.07 Å². The van der Waals surface area contributed by atoms with E-state index in [1.54, 1.807) is 11.0 Å². The van der Waals surface area contributed by atoms with Crippen LogP contribution in [-0.2, 0) is 0 Å². The Bertz CT molecular complexity index is 718. The van der Waals surface area contributed by atoms with E-state index in [2.05, 4.69) is 10.2 Å². The Morgan fingerprint density at radius 1 is 1.39 bits per heavy atom. The van der Waals surface area contributed by atoms with Gasteiger partial charge in [-0.2, -0.15) is 5.10 Å². The molecule has 1 amide bonds. The number of aromatic nitrogens is 2. The molecule has 0 spiro atoms. The Kier molecular flexibility index (Phi) is 4.52. The number of benzene rings is 1. The number of nitrogens with one attached hydrogen (secondary N) is 1. The number of H-pyrrole nitrogens is 1. The monoisotopic (exact) mass is 336 g/mol. The number of halogens is 2. The Morgan fingerprint density at radius 3 is 2.91 bits per heavy atom. The highest BCUT2D eigenvalue weighted by Gasteiger charge is 2.30. The van der Waals surface area contributed by atoms with E-state index in [0.717, 1.165) is 31.2 Å². The minimum atomic E-state index is -0.303. The van der Waals surface area contributed by atoms with Gasteiger partial charge in [0.05, 0.1) is 6.04 Å². The number of nitrogens with zero attached hydrogens (tertiary/aromatic N) is 2. The highest BCUT2D eigenvalue weighted by atomic mass is 35.5. The van der Waals surface area contributed by atoms with Crippen LogP contribution in [0.3, 0.4) is 0 Å². The molecule has 1 saturated heterocycles. The molecular weight excluding hydrogens is 319 g/mol. The van der Waals surface area contributed by atoms with Crippen molar-refractivity contribution in [2.75, 3.05) is 12.3 Å². The number of hydrogen-bond acceptors (Lipinski definition) is 3. The third-order valence-electron chi connectivity index (χ3n) is 4.19. The molecule has 1 fully saturated rings. The van der Waals surface area contributed by atoms with Gasteiger partial charge in [0, 0.05) is 6.54 Å². The van der Waals surface area contributed by atoms with Crippen LogP contribution in [0.25, 0.3) is 0 Å². The lowest BCUT2D eigenvalue weighted by molar-refractivity contribution is 0.0674. The van der Waals surface area contributed by atoms with Crippen molar-refractivity contribution in [3.8, 4) is 0 Å². The molecule has 0 saturated carbocycles. The van der Waals surface area contributed by atoms with E-state index >= 15 is 0 Å². The van der Waals surface area contributed by atoms with Gasteiger partial charge < -0.3 is 10.6 Å². The standard InChI is InChI=1S/C16H18ClFN4O/c17-13-14(20-21-15(13)19)16(23)22-8-3-1-2-7-12(22)10-5-4-6-11(18)9-10/h4-6,9,12H,1-3,7-8H2,(H3,19,20,21). The molecule has 23 heavy (non-hydrogen) atoms. The molecule has 1 aromatic carbocycles. The Balaban J connectivity index is 1.96. The van der Waals surface area contributed by atoms with Crippen LogP contribution < -0.4 is 5.73 Å². The average Bonchev–Trinajstić information content (AvgIpc) is 2.76. The van der Waals surface area contributed by atoms with Gasteiger partial charge in [0.2, 0.25) is 0 Å². The summed E-state index contributed by atoms with van der Waals surface area (Å²) in [6.07, 6.45) is 3.72. The lowest BCUT2D eigenvalue weighted by Gasteiger charge is -2.30. The molecule has 3 N–H and O–H groups in total. The van der Waals surface area contributed by atoms with Gasteiger partial charge in [-0.3, -0.25) is 9.89 Å². The predicted octanol–water partition coefficient (Wildman–Crippen LogP) is 3.54. The molecule has 2 heterocycles. The lowest BCUT2D eigenvalue weighted by Crippen LogP contribution is -2.35. The topological polar surface area (TPSA) is 75.0 Å². The number of likely N-dealkylation sites (tertiary alicyclic amines) is 1. The summed E-state index contributed by atoms with van der Waals surface area (Å²) in [5.74, 6) is -0.453. The normalized spacial score (nSPS) is 18.7. The summed E-state index contributed by atoms with van der Waals surface area (Å²) in [7, 11) is 0. The number of anilines is 1. The van der Waals surface area contributed by atoms with E-state index in [0.29, 0.717) is 6.54 Å². The molecule has 0 radical (unpaired) electrons. The smallest absolute Gasteiger partial charge is 0.274 e. The van der Waals surface area contributed by atoms with Gasteiger partial charge in [-0.15, -0.1) is 0 Å². The van der Waals surface area contributed by atoms with Crippen LogP contribution in [0.4, 0.5) is 10.2 Å². The van der Waals surface area contributed by atoms with Crippen molar-refractivity contribution >= 4 is 23.3 Å². The lowest BCUT2D eigenvalue weighted by atomic mass is 10.0. The molecule has 1 aliphatic rings. The van der Waals surface area contributed by atoms with Crippen molar-refractivity contribution in [3.63, 3.8) is 0 Å². The van der Waals surface area contributed by atoms with Crippen LogP contribution in [0.1, 0.15) is 47.8 Å². The fourth-order valence-corrected chi connectivity index (χ4v) is 3.20. The van der Waals surface area contributed by atoms with Gasteiger partial charge in [0.25, 0.3) is 5.91 Å². The second-order valence-electron chi connectivity index (χ2n) is 5.72. The summed E-state index contributed by atoms with van der Waals surface area (Å²) in [6, 6.07) is 6.22. The minimum Gasteiger partial charge on any atom is -0.381 e. The number of carbonyl (C=O) groups is 1. The zero-order valence-electron chi connectivity index (χ0n) is 12.6. The highest BCUT2D eigenvalue weighted by Crippen LogP contribution is 2.33. The number of aromatic amines is 1. The third-order valence-corrected chi connectivity index (χ3v) is 4.58. The van der Waals surface area contributed by atoms with E-state index in [9.17, 15) is 9.18 Å². The molecule has 1 aromatic heterocycles. The van der Waals surface area contributed by atoms with Crippen molar-refractivity contribution in [3.05, 3.63) is 46.4 Å². The quantitative estimate of drug-likeness (QED) is 0.880. The Hall–Kier alpha value is -2.08. The van der Waals surface area contributed by atoms with Gasteiger partial charge >= 0.3 is 0 Å². The molecule has 2 aromatic rings. The number of amides is 1. The summed E-state index contributed by atoms with van der Waals surface area (Å²) < 4.78 is 13.6. The summed E-state index contributed by atoms with van der Waals surface area (Å²) in [5.41, 5.74) is 6.59.